The summed E-state index contributed by atoms with van der Waals surface area (Å²) in [6.07, 6.45) is 3.76. The molecule has 1 fully saturated rings. The molecule has 2 rings (SSSR count). The lowest BCUT2D eigenvalue weighted by atomic mass is 10.1. The van der Waals surface area contributed by atoms with E-state index in [1.54, 1.807) is 0 Å². The number of ether oxygens (including phenoxy) is 1. The van der Waals surface area contributed by atoms with E-state index < -0.39 is 0 Å². The molecule has 0 saturated carbocycles. The van der Waals surface area contributed by atoms with E-state index in [4.69, 9.17) is 4.74 Å². The number of halogens is 1. The number of methoxy groups -OCH3 is 1. The van der Waals surface area contributed by atoms with Crippen LogP contribution in [0.25, 0.3) is 0 Å². The van der Waals surface area contributed by atoms with Gasteiger partial charge in [-0.3, -0.25) is 9.58 Å². The number of nitrogens with zero attached hydrogens (tertiary/aromatic N) is 3. The number of hydrogen-bond acceptors (Lipinski definition) is 3. The first-order valence-electron chi connectivity index (χ1n) is 7.18. The summed E-state index contributed by atoms with van der Waals surface area (Å²) in [5.41, 5.74) is 2.47. The molecule has 0 aliphatic carbocycles. The highest BCUT2D eigenvalue weighted by Gasteiger charge is 2.22. The summed E-state index contributed by atoms with van der Waals surface area (Å²) >= 11 is 3.72. The van der Waals surface area contributed by atoms with E-state index in [0.717, 1.165) is 38.3 Å². The normalized spacial score (nSPS) is 20.9. The molecule has 0 aromatic carbocycles. The largest absolute Gasteiger partial charge is 0.380 e. The monoisotopic (exact) mass is 329 g/mol. The van der Waals surface area contributed by atoms with Gasteiger partial charge in [0.15, 0.2) is 0 Å². The quantitative estimate of drug-likeness (QED) is 0.832. The Kier molecular flexibility index (Phi) is 5.42. The van der Waals surface area contributed by atoms with Crippen LogP contribution in [0, 0.1) is 0 Å². The second kappa shape index (κ2) is 6.86. The maximum atomic E-state index is 5.50. The first-order valence-corrected chi connectivity index (χ1v) is 7.98. The van der Waals surface area contributed by atoms with Gasteiger partial charge in [-0.1, -0.05) is 6.92 Å². The molecular formula is C14H24BrN3O. The van der Waals surface area contributed by atoms with Crippen molar-refractivity contribution < 1.29 is 4.74 Å². The van der Waals surface area contributed by atoms with Crippen LogP contribution in [0.1, 0.15) is 38.1 Å². The first-order chi connectivity index (χ1) is 9.19. The van der Waals surface area contributed by atoms with Crippen LogP contribution in [0.4, 0.5) is 0 Å². The molecule has 0 bridgehead atoms. The maximum absolute atomic E-state index is 5.50. The molecule has 1 aromatic heterocycles. The van der Waals surface area contributed by atoms with Gasteiger partial charge in [0.05, 0.1) is 22.0 Å². The second-order valence-corrected chi connectivity index (χ2v) is 5.90. The van der Waals surface area contributed by atoms with Crippen LogP contribution in [0.5, 0.6) is 0 Å². The summed E-state index contributed by atoms with van der Waals surface area (Å²) < 4.78 is 8.81. The minimum absolute atomic E-state index is 0.385. The smallest absolute Gasteiger partial charge is 0.0767 e. The fraction of sp³-hybridized carbons (Fsp3) is 0.786. The van der Waals surface area contributed by atoms with Gasteiger partial charge in [0.25, 0.3) is 0 Å². The Morgan fingerprint density at radius 2 is 2.21 bits per heavy atom. The van der Waals surface area contributed by atoms with Gasteiger partial charge in [0, 0.05) is 26.7 Å². The third-order valence-corrected chi connectivity index (χ3v) is 4.78. The number of likely N-dealkylation sites (tertiary alicyclic amines) is 1. The molecule has 1 aliphatic heterocycles. The average Bonchev–Trinajstić information content (AvgIpc) is 2.75. The molecule has 1 unspecified atom stereocenters. The van der Waals surface area contributed by atoms with Gasteiger partial charge >= 0.3 is 0 Å². The van der Waals surface area contributed by atoms with Crippen molar-refractivity contribution in [2.45, 2.75) is 52.3 Å². The lowest BCUT2D eigenvalue weighted by Crippen LogP contribution is -2.39. The van der Waals surface area contributed by atoms with Crippen LogP contribution in [0.3, 0.4) is 0 Å². The van der Waals surface area contributed by atoms with Crippen molar-refractivity contribution in [1.82, 2.24) is 14.7 Å². The number of aromatic nitrogens is 2. The molecule has 4 nitrogen and oxygen atoms in total. The summed E-state index contributed by atoms with van der Waals surface area (Å²) in [5.74, 6) is 0. The van der Waals surface area contributed by atoms with Crippen LogP contribution >= 0.6 is 15.9 Å². The molecule has 19 heavy (non-hydrogen) atoms. The Balaban J connectivity index is 2.11. The average molecular weight is 330 g/mol. The van der Waals surface area contributed by atoms with Crippen LogP contribution in [0.2, 0.25) is 0 Å². The Hall–Kier alpha value is -0.390. The predicted octanol–water partition coefficient (Wildman–Crippen LogP) is 2.84. The van der Waals surface area contributed by atoms with Gasteiger partial charge in [-0.2, -0.15) is 5.10 Å². The fourth-order valence-electron chi connectivity index (χ4n) is 2.73. The van der Waals surface area contributed by atoms with E-state index in [1.807, 2.05) is 7.11 Å². The zero-order chi connectivity index (χ0) is 13.8. The minimum atomic E-state index is 0.385. The van der Waals surface area contributed by atoms with Crippen molar-refractivity contribution in [1.29, 1.82) is 0 Å². The third-order valence-electron chi connectivity index (χ3n) is 3.86. The Bertz CT molecular complexity index is 419. The summed E-state index contributed by atoms with van der Waals surface area (Å²) in [6, 6.07) is 0. The van der Waals surface area contributed by atoms with Gasteiger partial charge in [-0.05, 0) is 48.7 Å². The number of hydrogen-bond donors (Lipinski definition) is 0. The SMILES string of the molecule is CCc1nn(CC)c(CN2CCCC(OC)C2)c1Br. The molecule has 1 saturated heterocycles. The molecule has 1 atom stereocenters. The van der Waals surface area contributed by atoms with Crippen molar-refractivity contribution >= 4 is 15.9 Å². The molecule has 1 aliphatic rings. The van der Waals surface area contributed by atoms with E-state index in [2.05, 4.69) is 44.5 Å². The fourth-order valence-corrected chi connectivity index (χ4v) is 3.42. The molecule has 5 heteroatoms. The van der Waals surface area contributed by atoms with Crippen molar-refractivity contribution in [2.75, 3.05) is 20.2 Å². The highest BCUT2D eigenvalue weighted by molar-refractivity contribution is 9.10. The maximum Gasteiger partial charge on any atom is 0.0767 e. The van der Waals surface area contributed by atoms with E-state index >= 15 is 0 Å². The minimum Gasteiger partial charge on any atom is -0.380 e. The molecule has 0 amide bonds. The lowest BCUT2D eigenvalue weighted by molar-refractivity contribution is 0.0276. The van der Waals surface area contributed by atoms with Crippen LogP contribution < -0.4 is 0 Å². The zero-order valence-corrected chi connectivity index (χ0v) is 13.7. The number of rotatable bonds is 5. The zero-order valence-electron chi connectivity index (χ0n) is 12.2. The van der Waals surface area contributed by atoms with E-state index in [9.17, 15) is 0 Å². The van der Waals surface area contributed by atoms with Crippen LogP contribution in [-0.4, -0.2) is 41.0 Å². The van der Waals surface area contributed by atoms with Gasteiger partial charge < -0.3 is 4.74 Å². The van der Waals surface area contributed by atoms with Gasteiger partial charge in [0.2, 0.25) is 0 Å². The standard InChI is InChI=1S/C14H24BrN3O/c1-4-12-14(15)13(18(5-2)16-12)10-17-8-6-7-11(9-17)19-3/h11H,4-10H2,1-3H3. The topological polar surface area (TPSA) is 30.3 Å². The van der Waals surface area contributed by atoms with Gasteiger partial charge in [-0.15, -0.1) is 0 Å². The van der Waals surface area contributed by atoms with E-state index in [1.165, 1.54) is 23.0 Å². The van der Waals surface area contributed by atoms with Crippen molar-refractivity contribution in [3.63, 3.8) is 0 Å². The summed E-state index contributed by atoms with van der Waals surface area (Å²) in [6.45, 7) is 8.37. The molecule has 0 spiro atoms. The number of piperidine rings is 1. The number of aryl methyl sites for hydroxylation is 2. The highest BCUT2D eigenvalue weighted by Crippen LogP contribution is 2.25. The van der Waals surface area contributed by atoms with Crippen molar-refractivity contribution in [2.24, 2.45) is 0 Å². The molecule has 0 radical (unpaired) electrons. The van der Waals surface area contributed by atoms with Crippen LogP contribution in [0.15, 0.2) is 4.47 Å². The van der Waals surface area contributed by atoms with Crippen LogP contribution in [-0.2, 0) is 24.2 Å². The summed E-state index contributed by atoms with van der Waals surface area (Å²) in [7, 11) is 1.82. The Labute approximate surface area is 124 Å². The predicted molar refractivity (Wildman–Crippen MR) is 80.3 cm³/mol. The highest BCUT2D eigenvalue weighted by atomic mass is 79.9. The second-order valence-electron chi connectivity index (χ2n) is 5.11. The Morgan fingerprint density at radius 1 is 1.42 bits per heavy atom. The van der Waals surface area contributed by atoms with E-state index in [-0.39, 0.29) is 0 Å². The van der Waals surface area contributed by atoms with E-state index in [0.29, 0.717) is 6.10 Å². The molecular weight excluding hydrogens is 306 g/mol. The van der Waals surface area contributed by atoms with Crippen molar-refractivity contribution in [3.05, 3.63) is 15.9 Å². The molecule has 0 N–H and O–H groups in total. The summed E-state index contributed by atoms with van der Waals surface area (Å²) in [4.78, 5) is 2.48. The van der Waals surface area contributed by atoms with Crippen molar-refractivity contribution in [3.8, 4) is 0 Å². The lowest BCUT2D eigenvalue weighted by Gasteiger charge is -2.31. The molecule has 108 valence electrons. The van der Waals surface area contributed by atoms with Gasteiger partial charge in [-0.25, -0.2) is 0 Å². The Morgan fingerprint density at radius 3 is 2.84 bits per heavy atom. The van der Waals surface area contributed by atoms with Gasteiger partial charge in [0.1, 0.15) is 0 Å². The molecule has 2 heterocycles. The summed E-state index contributed by atoms with van der Waals surface area (Å²) in [5, 5.41) is 4.66. The molecule has 1 aromatic rings. The first kappa shape index (κ1) is 15.0. The third kappa shape index (κ3) is 3.38.